The number of benzene rings is 1. The van der Waals surface area contributed by atoms with Gasteiger partial charge in [-0.25, -0.2) is 23.1 Å². The van der Waals surface area contributed by atoms with Gasteiger partial charge in [0.15, 0.2) is 23.3 Å². The van der Waals surface area contributed by atoms with Crippen molar-refractivity contribution in [3.63, 3.8) is 0 Å². The molecule has 1 amide bonds. The Morgan fingerprint density at radius 3 is 2.56 bits per heavy atom. The van der Waals surface area contributed by atoms with Crippen molar-refractivity contribution in [2.75, 3.05) is 23.9 Å². The zero-order chi connectivity index (χ0) is 23.0. The van der Waals surface area contributed by atoms with Crippen molar-refractivity contribution in [1.29, 1.82) is 0 Å². The Hall–Kier alpha value is -2.84. The van der Waals surface area contributed by atoms with E-state index in [0.29, 0.717) is 24.6 Å². The fourth-order valence-electron chi connectivity index (χ4n) is 4.52. The summed E-state index contributed by atoms with van der Waals surface area (Å²) in [5.74, 6) is -2.01. The Bertz CT molecular complexity index is 1010. The van der Waals surface area contributed by atoms with Crippen LogP contribution in [0.2, 0.25) is 0 Å². The zero-order valence-corrected chi connectivity index (χ0v) is 18.4. The minimum Gasteiger partial charge on any atom is -0.493 e. The number of nitrogens with one attached hydrogen (secondary N) is 1. The first kappa shape index (κ1) is 22.4. The fourth-order valence-corrected chi connectivity index (χ4v) is 4.52. The number of fused-ring (bicyclic) bond motifs is 1. The Kier molecular flexibility index (Phi) is 6.26. The van der Waals surface area contributed by atoms with Crippen molar-refractivity contribution in [1.82, 2.24) is 9.97 Å². The average Bonchev–Trinajstić information content (AvgIpc) is 2.75. The topological polar surface area (TPSA) is 67.4 Å². The third-order valence-corrected chi connectivity index (χ3v) is 6.47. The van der Waals surface area contributed by atoms with Crippen LogP contribution >= 0.6 is 0 Å². The highest BCUT2D eigenvalue weighted by Gasteiger charge is 2.31. The molecule has 0 saturated heterocycles. The Morgan fingerprint density at radius 2 is 1.84 bits per heavy atom. The number of carbonyl (C=O) groups is 1. The van der Waals surface area contributed by atoms with E-state index < -0.39 is 17.5 Å². The van der Waals surface area contributed by atoms with Crippen molar-refractivity contribution < 1.29 is 22.7 Å². The Morgan fingerprint density at radius 1 is 1.16 bits per heavy atom. The molecule has 2 heterocycles. The largest absolute Gasteiger partial charge is 0.493 e. The first-order chi connectivity index (χ1) is 15.2. The highest BCUT2D eigenvalue weighted by molar-refractivity contribution is 6.02. The van der Waals surface area contributed by atoms with E-state index in [1.54, 1.807) is 0 Å². The van der Waals surface area contributed by atoms with E-state index in [1.165, 1.54) is 0 Å². The van der Waals surface area contributed by atoms with Crippen LogP contribution in [0.5, 0.6) is 5.75 Å². The second kappa shape index (κ2) is 8.96. The number of hydrogen-bond acceptors (Lipinski definition) is 5. The lowest BCUT2D eigenvalue weighted by Gasteiger charge is -2.33. The number of halogens is 3. The van der Waals surface area contributed by atoms with Crippen molar-refractivity contribution in [3.05, 3.63) is 41.1 Å². The van der Waals surface area contributed by atoms with Gasteiger partial charge in [-0.15, -0.1) is 0 Å². The van der Waals surface area contributed by atoms with Gasteiger partial charge in [0.05, 0.1) is 12.3 Å². The van der Waals surface area contributed by atoms with E-state index >= 15 is 0 Å². The van der Waals surface area contributed by atoms with Crippen LogP contribution in [-0.2, 0) is 11.2 Å². The summed E-state index contributed by atoms with van der Waals surface area (Å²) >= 11 is 0. The lowest BCUT2D eigenvalue weighted by molar-refractivity contribution is -0.117. The number of nitrogens with zero attached hydrogens (tertiary/aromatic N) is 3. The van der Waals surface area contributed by atoms with E-state index in [2.05, 4.69) is 10.3 Å². The SMILES string of the molecule is Cc1nc(C[C@@H]2CCC[C@@H](COc3cc(F)c(F)c(F)c3)C2)nc2c1NC(=O)[C@H](C)N2C. The average molecular weight is 448 g/mol. The predicted octanol–water partition coefficient (Wildman–Crippen LogP) is 4.41. The second-order valence-corrected chi connectivity index (χ2v) is 8.81. The number of likely N-dealkylation sites (N-methyl/N-ethyl adjacent to an activating group) is 1. The van der Waals surface area contributed by atoms with Crippen LogP contribution in [0.4, 0.5) is 24.7 Å². The number of aryl methyl sites for hydroxylation is 1. The zero-order valence-electron chi connectivity index (χ0n) is 18.4. The highest BCUT2D eigenvalue weighted by atomic mass is 19.2. The number of carbonyl (C=O) groups excluding carboxylic acids is 1. The molecule has 9 heteroatoms. The van der Waals surface area contributed by atoms with Gasteiger partial charge in [0, 0.05) is 25.6 Å². The van der Waals surface area contributed by atoms with Crippen LogP contribution in [0.1, 0.15) is 44.1 Å². The molecule has 32 heavy (non-hydrogen) atoms. The quantitative estimate of drug-likeness (QED) is 0.687. The summed E-state index contributed by atoms with van der Waals surface area (Å²) in [6.45, 7) is 4.02. The summed E-state index contributed by atoms with van der Waals surface area (Å²) in [7, 11) is 1.85. The smallest absolute Gasteiger partial charge is 0.246 e. The maximum absolute atomic E-state index is 13.4. The number of aromatic nitrogens is 2. The van der Waals surface area contributed by atoms with E-state index in [9.17, 15) is 18.0 Å². The van der Waals surface area contributed by atoms with E-state index in [1.807, 2.05) is 25.8 Å². The summed E-state index contributed by atoms with van der Waals surface area (Å²) < 4.78 is 45.5. The van der Waals surface area contributed by atoms with Gasteiger partial charge in [0.25, 0.3) is 0 Å². The third-order valence-electron chi connectivity index (χ3n) is 6.47. The molecule has 1 aromatic heterocycles. The summed E-state index contributed by atoms with van der Waals surface area (Å²) in [5.41, 5.74) is 1.40. The van der Waals surface area contributed by atoms with Crippen molar-refractivity contribution in [2.24, 2.45) is 11.8 Å². The number of amides is 1. The molecule has 0 radical (unpaired) electrons. The monoisotopic (exact) mass is 448 g/mol. The van der Waals surface area contributed by atoms with E-state index in [-0.39, 0.29) is 23.6 Å². The molecule has 1 aromatic carbocycles. The molecule has 0 bridgehead atoms. The maximum atomic E-state index is 13.4. The highest BCUT2D eigenvalue weighted by Crippen LogP contribution is 2.34. The van der Waals surface area contributed by atoms with Gasteiger partial charge in [0.2, 0.25) is 5.91 Å². The normalized spacial score (nSPS) is 23.0. The minimum atomic E-state index is -1.49. The van der Waals surface area contributed by atoms with Gasteiger partial charge in [-0.3, -0.25) is 4.79 Å². The number of ether oxygens (including phenoxy) is 1. The van der Waals surface area contributed by atoms with E-state index in [4.69, 9.17) is 9.72 Å². The first-order valence-electron chi connectivity index (χ1n) is 10.9. The van der Waals surface area contributed by atoms with Gasteiger partial charge < -0.3 is 15.0 Å². The van der Waals surface area contributed by atoms with Crippen LogP contribution in [0.15, 0.2) is 12.1 Å². The van der Waals surface area contributed by atoms with Gasteiger partial charge in [-0.1, -0.05) is 6.42 Å². The molecule has 6 nitrogen and oxygen atoms in total. The number of anilines is 2. The van der Waals surface area contributed by atoms with Gasteiger partial charge >= 0.3 is 0 Å². The van der Waals surface area contributed by atoms with Crippen molar-refractivity contribution in [2.45, 2.75) is 52.0 Å². The van der Waals surface area contributed by atoms with Crippen LogP contribution < -0.4 is 15.0 Å². The van der Waals surface area contributed by atoms with Crippen molar-refractivity contribution >= 4 is 17.4 Å². The summed E-state index contributed by atoms with van der Waals surface area (Å²) in [6.07, 6.45) is 4.61. The molecule has 3 atom stereocenters. The van der Waals surface area contributed by atoms with Crippen LogP contribution in [-0.4, -0.2) is 35.6 Å². The number of rotatable bonds is 5. The summed E-state index contributed by atoms with van der Waals surface area (Å²) in [6, 6.07) is 1.44. The molecule has 1 N–H and O–H groups in total. The standard InChI is InChI=1S/C23H27F3N4O2/c1-12-21-22(30(3)13(2)23(31)29-21)28-19(27-12)8-14-5-4-6-15(7-14)11-32-16-9-17(24)20(26)18(25)10-16/h9-10,13-15H,4-8,11H2,1-3H3,(H,29,31)/t13-,14+,15+/m0/s1. The molecular formula is C23H27F3N4O2. The Labute approximate surface area is 185 Å². The lowest BCUT2D eigenvalue weighted by atomic mass is 9.80. The summed E-state index contributed by atoms with van der Waals surface area (Å²) in [5, 5.41) is 2.89. The summed E-state index contributed by atoms with van der Waals surface area (Å²) in [4.78, 5) is 23.3. The number of hydrogen-bond donors (Lipinski definition) is 1. The van der Waals surface area contributed by atoms with Gasteiger partial charge in [0.1, 0.15) is 23.3 Å². The maximum Gasteiger partial charge on any atom is 0.246 e. The lowest BCUT2D eigenvalue weighted by Crippen LogP contribution is -2.45. The molecule has 1 saturated carbocycles. The molecule has 1 aliphatic carbocycles. The molecule has 1 aliphatic heterocycles. The van der Waals surface area contributed by atoms with E-state index in [0.717, 1.165) is 55.2 Å². The van der Waals surface area contributed by atoms with Gasteiger partial charge in [-0.2, -0.15) is 0 Å². The van der Waals surface area contributed by atoms with Crippen LogP contribution in [0, 0.1) is 36.2 Å². The molecule has 4 rings (SSSR count). The molecule has 1 fully saturated rings. The molecule has 2 aromatic rings. The van der Waals surface area contributed by atoms with Crippen LogP contribution in [0.3, 0.4) is 0 Å². The second-order valence-electron chi connectivity index (χ2n) is 8.81. The Balaban J connectivity index is 1.40. The first-order valence-corrected chi connectivity index (χ1v) is 10.9. The molecule has 0 unspecified atom stereocenters. The van der Waals surface area contributed by atoms with Crippen molar-refractivity contribution in [3.8, 4) is 5.75 Å². The fraction of sp³-hybridized carbons (Fsp3) is 0.522. The minimum absolute atomic E-state index is 0.00336. The molecule has 0 spiro atoms. The molecule has 172 valence electrons. The van der Waals surface area contributed by atoms with Gasteiger partial charge in [-0.05, 0) is 44.9 Å². The third kappa shape index (κ3) is 4.52. The predicted molar refractivity (Wildman–Crippen MR) is 114 cm³/mol. The molecular weight excluding hydrogens is 421 g/mol. The van der Waals surface area contributed by atoms with Crippen LogP contribution in [0.25, 0.3) is 0 Å². The molecule has 2 aliphatic rings.